The monoisotopic (exact) mass is 445 g/mol. The molecule has 1 aliphatic heterocycles. The molecule has 0 bridgehead atoms. The Kier molecular flexibility index (Phi) is 7.49. The molecule has 0 spiro atoms. The van der Waals surface area contributed by atoms with Gasteiger partial charge < -0.3 is 10.2 Å². The Bertz CT molecular complexity index is 875. The number of benzene rings is 1. The number of rotatable bonds is 8. The zero-order valence-electron chi connectivity index (χ0n) is 17.8. The van der Waals surface area contributed by atoms with E-state index >= 15 is 0 Å². The van der Waals surface area contributed by atoms with Crippen LogP contribution >= 0.6 is 11.6 Å². The minimum absolute atomic E-state index is 0.0205. The molecule has 0 radical (unpaired) electrons. The van der Waals surface area contributed by atoms with Crippen molar-refractivity contribution in [2.75, 3.05) is 13.6 Å². The van der Waals surface area contributed by atoms with Crippen molar-refractivity contribution in [2.45, 2.75) is 45.2 Å². The summed E-state index contributed by atoms with van der Waals surface area (Å²) < 4.78 is 0. The topological polar surface area (TPSA) is 86.8 Å². The summed E-state index contributed by atoms with van der Waals surface area (Å²) in [7, 11) is 1.53. The van der Waals surface area contributed by atoms with Crippen molar-refractivity contribution in [1.82, 2.24) is 15.1 Å². The number of allylic oxidation sites excluding steroid dienone is 2. The van der Waals surface area contributed by atoms with Crippen LogP contribution in [0.4, 0.5) is 0 Å². The van der Waals surface area contributed by atoms with Crippen LogP contribution in [0.15, 0.2) is 36.4 Å². The van der Waals surface area contributed by atoms with Gasteiger partial charge in [0, 0.05) is 31.6 Å². The standard InChI is InChI=1S/C23H28ClN3O4/c1-3-19(21(29)25-2)27(14-15-8-4-7-11-18(15)24)20(28)12-13-26-22(30)16-9-5-6-10-17(16)23(26)31/h4-8,11,16-17,19H,3,9-10,12-14H2,1-2H3,(H,25,29)/t16-,17+,19?. The number of amides is 4. The smallest absolute Gasteiger partial charge is 0.242 e. The molecule has 1 N–H and O–H groups in total. The molecular weight excluding hydrogens is 418 g/mol. The zero-order valence-corrected chi connectivity index (χ0v) is 18.6. The molecule has 3 rings (SSSR count). The Balaban J connectivity index is 1.75. The van der Waals surface area contributed by atoms with E-state index in [0.717, 1.165) is 5.56 Å². The van der Waals surface area contributed by atoms with Gasteiger partial charge in [0.15, 0.2) is 0 Å². The molecule has 7 nitrogen and oxygen atoms in total. The summed E-state index contributed by atoms with van der Waals surface area (Å²) in [6.45, 7) is 2.02. The molecule has 3 atom stereocenters. The van der Waals surface area contributed by atoms with Crippen LogP contribution in [0, 0.1) is 11.8 Å². The Morgan fingerprint density at radius 3 is 2.32 bits per heavy atom. The summed E-state index contributed by atoms with van der Waals surface area (Å²) in [5, 5.41) is 3.11. The van der Waals surface area contributed by atoms with Crippen LogP contribution < -0.4 is 5.32 Å². The van der Waals surface area contributed by atoms with Crippen molar-refractivity contribution in [1.29, 1.82) is 0 Å². The van der Waals surface area contributed by atoms with Crippen LogP contribution in [-0.2, 0) is 25.7 Å². The van der Waals surface area contributed by atoms with Gasteiger partial charge in [-0.1, -0.05) is 48.9 Å². The highest BCUT2D eigenvalue weighted by molar-refractivity contribution is 6.31. The lowest BCUT2D eigenvalue weighted by Gasteiger charge is -2.31. The van der Waals surface area contributed by atoms with E-state index in [2.05, 4.69) is 5.32 Å². The number of carbonyl (C=O) groups excluding carboxylic acids is 4. The molecule has 2 aliphatic rings. The molecule has 0 saturated carbocycles. The molecule has 166 valence electrons. The van der Waals surface area contributed by atoms with E-state index in [4.69, 9.17) is 11.6 Å². The summed E-state index contributed by atoms with van der Waals surface area (Å²) in [5.41, 5.74) is 0.727. The van der Waals surface area contributed by atoms with Crippen LogP contribution in [-0.4, -0.2) is 53.1 Å². The summed E-state index contributed by atoms with van der Waals surface area (Å²) in [6, 6.07) is 6.49. The van der Waals surface area contributed by atoms with E-state index in [1.54, 1.807) is 12.1 Å². The van der Waals surface area contributed by atoms with Gasteiger partial charge in [0.2, 0.25) is 23.6 Å². The summed E-state index contributed by atoms with van der Waals surface area (Å²) in [5.74, 6) is -1.62. The Morgan fingerprint density at radius 1 is 1.16 bits per heavy atom. The lowest BCUT2D eigenvalue weighted by molar-refractivity contribution is -0.144. The number of likely N-dealkylation sites (tertiary alicyclic amines) is 1. The van der Waals surface area contributed by atoms with Crippen molar-refractivity contribution < 1.29 is 19.2 Å². The number of halogens is 1. The highest BCUT2D eigenvalue weighted by Gasteiger charge is 2.47. The fourth-order valence-corrected chi connectivity index (χ4v) is 4.53. The lowest BCUT2D eigenvalue weighted by Crippen LogP contribution is -2.49. The average Bonchev–Trinajstić information content (AvgIpc) is 3.03. The van der Waals surface area contributed by atoms with Crippen LogP contribution in [0.3, 0.4) is 0 Å². The van der Waals surface area contributed by atoms with Gasteiger partial charge in [-0.15, -0.1) is 0 Å². The molecule has 1 aliphatic carbocycles. The van der Waals surface area contributed by atoms with Gasteiger partial charge in [0.25, 0.3) is 0 Å². The van der Waals surface area contributed by atoms with Gasteiger partial charge in [-0.25, -0.2) is 0 Å². The maximum absolute atomic E-state index is 13.2. The average molecular weight is 446 g/mol. The molecule has 1 fully saturated rings. The third-order valence-electron chi connectivity index (χ3n) is 6.08. The lowest BCUT2D eigenvalue weighted by atomic mass is 9.85. The second-order valence-electron chi connectivity index (χ2n) is 7.89. The third-order valence-corrected chi connectivity index (χ3v) is 6.45. The van der Waals surface area contributed by atoms with Gasteiger partial charge in [0.05, 0.1) is 11.8 Å². The Morgan fingerprint density at radius 2 is 1.77 bits per heavy atom. The van der Waals surface area contributed by atoms with E-state index in [1.807, 2.05) is 31.2 Å². The maximum Gasteiger partial charge on any atom is 0.242 e. The van der Waals surface area contributed by atoms with Crippen molar-refractivity contribution in [3.63, 3.8) is 0 Å². The van der Waals surface area contributed by atoms with E-state index < -0.39 is 6.04 Å². The SMILES string of the molecule is CCC(C(=O)NC)N(Cc1ccccc1Cl)C(=O)CCN1C(=O)[C@H]2CC=CC[C@H]2C1=O. The van der Waals surface area contributed by atoms with Crippen molar-refractivity contribution >= 4 is 35.2 Å². The predicted octanol–water partition coefficient (Wildman–Crippen LogP) is 2.53. The van der Waals surface area contributed by atoms with Crippen molar-refractivity contribution in [3.05, 3.63) is 47.0 Å². The first-order valence-electron chi connectivity index (χ1n) is 10.6. The molecule has 8 heteroatoms. The molecule has 4 amide bonds. The number of imide groups is 1. The van der Waals surface area contributed by atoms with Gasteiger partial charge in [-0.05, 0) is 30.9 Å². The number of hydrogen-bond donors (Lipinski definition) is 1. The van der Waals surface area contributed by atoms with Gasteiger partial charge in [-0.2, -0.15) is 0 Å². The first-order valence-corrected chi connectivity index (χ1v) is 11.0. The second kappa shape index (κ2) is 10.1. The molecular formula is C23H28ClN3O4. The van der Waals surface area contributed by atoms with Gasteiger partial charge >= 0.3 is 0 Å². The summed E-state index contributed by atoms with van der Waals surface area (Å²) in [4.78, 5) is 53.7. The maximum atomic E-state index is 13.2. The van der Waals surface area contributed by atoms with E-state index in [1.165, 1.54) is 16.8 Å². The number of hydrogen-bond acceptors (Lipinski definition) is 4. The molecule has 1 saturated heterocycles. The number of likely N-dealkylation sites (N-methyl/N-ethyl adjacent to an activating group) is 1. The number of nitrogens with zero attached hydrogens (tertiary/aromatic N) is 2. The van der Waals surface area contributed by atoms with Gasteiger partial charge in [0.1, 0.15) is 6.04 Å². The van der Waals surface area contributed by atoms with Crippen molar-refractivity contribution in [3.8, 4) is 0 Å². The minimum Gasteiger partial charge on any atom is -0.357 e. The molecule has 1 aromatic carbocycles. The van der Waals surface area contributed by atoms with Crippen LogP contribution in [0.2, 0.25) is 5.02 Å². The molecule has 1 aromatic rings. The third kappa shape index (κ3) is 4.82. The Hall–Kier alpha value is -2.67. The highest BCUT2D eigenvalue weighted by Crippen LogP contribution is 2.35. The van der Waals surface area contributed by atoms with Gasteiger partial charge in [-0.3, -0.25) is 24.1 Å². The fraction of sp³-hybridized carbons (Fsp3) is 0.478. The molecule has 0 aromatic heterocycles. The molecule has 31 heavy (non-hydrogen) atoms. The normalized spacial score (nSPS) is 21.1. The summed E-state index contributed by atoms with van der Waals surface area (Å²) >= 11 is 6.28. The molecule has 1 unspecified atom stereocenters. The van der Waals surface area contributed by atoms with Crippen molar-refractivity contribution in [2.24, 2.45) is 11.8 Å². The van der Waals surface area contributed by atoms with E-state index in [0.29, 0.717) is 24.3 Å². The minimum atomic E-state index is -0.675. The zero-order chi connectivity index (χ0) is 22.5. The van der Waals surface area contributed by atoms with E-state index in [-0.39, 0.29) is 55.0 Å². The molecule has 1 heterocycles. The Labute approximate surface area is 187 Å². The predicted molar refractivity (Wildman–Crippen MR) is 117 cm³/mol. The number of carbonyl (C=O) groups is 4. The quantitative estimate of drug-likeness (QED) is 0.492. The summed E-state index contributed by atoms with van der Waals surface area (Å²) in [6.07, 6.45) is 5.37. The second-order valence-corrected chi connectivity index (χ2v) is 8.29. The number of nitrogens with one attached hydrogen (secondary N) is 1. The largest absolute Gasteiger partial charge is 0.357 e. The van der Waals surface area contributed by atoms with Crippen LogP contribution in [0.5, 0.6) is 0 Å². The first-order chi connectivity index (χ1) is 14.9. The highest BCUT2D eigenvalue weighted by atomic mass is 35.5. The number of fused-ring (bicyclic) bond motifs is 1. The first kappa shape index (κ1) is 23.0. The fourth-order valence-electron chi connectivity index (χ4n) is 4.34. The van der Waals surface area contributed by atoms with Crippen LogP contribution in [0.1, 0.15) is 38.2 Å². The van der Waals surface area contributed by atoms with E-state index in [9.17, 15) is 19.2 Å². The van der Waals surface area contributed by atoms with Crippen LogP contribution in [0.25, 0.3) is 0 Å².